The molecule has 1 N–H and O–H groups in total. The van der Waals surface area contributed by atoms with Gasteiger partial charge in [-0.1, -0.05) is 0 Å². The van der Waals surface area contributed by atoms with E-state index in [4.69, 9.17) is 0 Å². The topological polar surface area (TPSA) is 80.1 Å². The smallest absolute Gasteiger partial charge is 0.255 e. The average Bonchev–Trinajstić information content (AvgIpc) is 3.31. The molecule has 3 aromatic rings. The SMILES string of the molecule is CC(=O)N1CCc2cc(C(=O)Nc3ccc(-n4cncn4)cc3)ccc21. The molecule has 2 heterocycles. The normalized spacial score (nSPS) is 12.7. The van der Waals surface area contributed by atoms with Gasteiger partial charge in [0.1, 0.15) is 12.7 Å². The first-order valence-electron chi connectivity index (χ1n) is 8.29. The predicted molar refractivity (Wildman–Crippen MR) is 97.5 cm³/mol. The highest BCUT2D eigenvalue weighted by atomic mass is 16.2. The van der Waals surface area contributed by atoms with Crippen molar-refractivity contribution in [3.8, 4) is 5.69 Å². The summed E-state index contributed by atoms with van der Waals surface area (Å²) in [5, 5.41) is 6.96. The van der Waals surface area contributed by atoms with Crippen LogP contribution < -0.4 is 10.2 Å². The molecule has 0 spiro atoms. The lowest BCUT2D eigenvalue weighted by molar-refractivity contribution is -0.116. The van der Waals surface area contributed by atoms with E-state index in [9.17, 15) is 9.59 Å². The van der Waals surface area contributed by atoms with Crippen molar-refractivity contribution in [3.05, 3.63) is 66.2 Å². The molecule has 7 nitrogen and oxygen atoms in total. The Balaban J connectivity index is 1.49. The molecule has 1 aromatic heterocycles. The number of carbonyl (C=O) groups excluding carboxylic acids is 2. The van der Waals surface area contributed by atoms with Crippen molar-refractivity contribution < 1.29 is 9.59 Å². The molecule has 0 bridgehead atoms. The van der Waals surface area contributed by atoms with Crippen molar-refractivity contribution in [1.82, 2.24) is 14.8 Å². The molecule has 0 atom stereocenters. The molecule has 0 aliphatic carbocycles. The minimum absolute atomic E-state index is 0.0217. The number of carbonyl (C=O) groups is 2. The highest BCUT2D eigenvalue weighted by Gasteiger charge is 2.23. The van der Waals surface area contributed by atoms with Gasteiger partial charge in [0.25, 0.3) is 5.91 Å². The van der Waals surface area contributed by atoms with Gasteiger partial charge in [0.05, 0.1) is 5.69 Å². The Morgan fingerprint density at radius 1 is 1.12 bits per heavy atom. The van der Waals surface area contributed by atoms with Crippen molar-refractivity contribution in [2.75, 3.05) is 16.8 Å². The number of aromatic nitrogens is 3. The van der Waals surface area contributed by atoms with E-state index in [2.05, 4.69) is 15.4 Å². The lowest BCUT2D eigenvalue weighted by atomic mass is 10.1. The van der Waals surface area contributed by atoms with E-state index in [0.717, 1.165) is 23.4 Å². The molecule has 0 unspecified atom stereocenters. The van der Waals surface area contributed by atoms with Crippen molar-refractivity contribution in [2.24, 2.45) is 0 Å². The van der Waals surface area contributed by atoms with Crippen LogP contribution in [0, 0.1) is 0 Å². The molecule has 7 heteroatoms. The number of fused-ring (bicyclic) bond motifs is 1. The van der Waals surface area contributed by atoms with Crippen LogP contribution in [0.25, 0.3) is 5.69 Å². The molecule has 1 aliphatic heterocycles. The molecule has 26 heavy (non-hydrogen) atoms. The maximum absolute atomic E-state index is 12.5. The predicted octanol–water partition coefficient (Wildman–Crippen LogP) is 2.43. The van der Waals surface area contributed by atoms with Crippen LogP contribution in [0.1, 0.15) is 22.8 Å². The van der Waals surface area contributed by atoms with Gasteiger partial charge in [-0.3, -0.25) is 9.59 Å². The summed E-state index contributed by atoms with van der Waals surface area (Å²) in [4.78, 5) is 29.8. The lowest BCUT2D eigenvalue weighted by Gasteiger charge is -2.14. The van der Waals surface area contributed by atoms with Crippen LogP contribution in [-0.4, -0.2) is 33.1 Å². The largest absolute Gasteiger partial charge is 0.322 e. The van der Waals surface area contributed by atoms with E-state index >= 15 is 0 Å². The maximum atomic E-state index is 12.5. The van der Waals surface area contributed by atoms with Gasteiger partial charge in [-0.25, -0.2) is 9.67 Å². The zero-order valence-electron chi connectivity index (χ0n) is 14.2. The summed E-state index contributed by atoms with van der Waals surface area (Å²) in [6.07, 6.45) is 3.85. The second kappa shape index (κ2) is 6.44. The van der Waals surface area contributed by atoms with Crippen molar-refractivity contribution >= 4 is 23.2 Å². The molecule has 1 aliphatic rings. The van der Waals surface area contributed by atoms with Crippen LogP contribution in [0.15, 0.2) is 55.1 Å². The Morgan fingerprint density at radius 3 is 2.62 bits per heavy atom. The van der Waals surface area contributed by atoms with Gasteiger partial charge >= 0.3 is 0 Å². The van der Waals surface area contributed by atoms with Crippen molar-refractivity contribution in [1.29, 1.82) is 0 Å². The first-order chi connectivity index (χ1) is 12.6. The van der Waals surface area contributed by atoms with Crippen LogP contribution in [-0.2, 0) is 11.2 Å². The Bertz CT molecular complexity index is 964. The van der Waals surface area contributed by atoms with E-state index in [0.29, 0.717) is 17.8 Å². The zero-order valence-corrected chi connectivity index (χ0v) is 14.2. The number of hydrogen-bond acceptors (Lipinski definition) is 4. The average molecular weight is 347 g/mol. The van der Waals surface area contributed by atoms with Gasteiger partial charge in [-0.2, -0.15) is 5.10 Å². The molecule has 0 radical (unpaired) electrons. The van der Waals surface area contributed by atoms with Gasteiger partial charge in [0.15, 0.2) is 0 Å². The number of benzene rings is 2. The molecule has 0 saturated carbocycles. The van der Waals surface area contributed by atoms with E-state index in [1.807, 2.05) is 36.4 Å². The van der Waals surface area contributed by atoms with Crippen LogP contribution in [0.5, 0.6) is 0 Å². The van der Waals surface area contributed by atoms with Gasteiger partial charge in [-0.15, -0.1) is 0 Å². The van der Waals surface area contributed by atoms with Gasteiger partial charge in [0, 0.05) is 30.4 Å². The van der Waals surface area contributed by atoms with Crippen LogP contribution in [0.2, 0.25) is 0 Å². The Labute approximate surface area is 150 Å². The molecule has 4 rings (SSSR count). The number of nitrogens with zero attached hydrogens (tertiary/aromatic N) is 4. The standard InChI is InChI=1S/C19H17N5O2/c1-13(25)23-9-8-14-10-15(2-7-18(14)23)19(26)22-16-3-5-17(6-4-16)24-12-20-11-21-24/h2-7,10-12H,8-9H2,1H3,(H,22,26). The first kappa shape index (κ1) is 16.0. The molecule has 0 saturated heterocycles. The molecule has 2 amide bonds. The molecule has 2 aromatic carbocycles. The third-order valence-electron chi connectivity index (χ3n) is 4.43. The maximum Gasteiger partial charge on any atom is 0.255 e. The molecule has 0 fully saturated rings. The van der Waals surface area contributed by atoms with E-state index < -0.39 is 0 Å². The molecular weight excluding hydrogens is 330 g/mol. The van der Waals surface area contributed by atoms with E-state index in [1.165, 1.54) is 6.33 Å². The summed E-state index contributed by atoms with van der Waals surface area (Å²) in [5.41, 5.74) is 4.06. The second-order valence-corrected chi connectivity index (χ2v) is 6.11. The number of hydrogen-bond donors (Lipinski definition) is 1. The minimum Gasteiger partial charge on any atom is -0.322 e. The fourth-order valence-corrected chi connectivity index (χ4v) is 3.11. The van der Waals surface area contributed by atoms with E-state index in [1.54, 1.807) is 28.9 Å². The van der Waals surface area contributed by atoms with Crippen molar-refractivity contribution in [3.63, 3.8) is 0 Å². The fourth-order valence-electron chi connectivity index (χ4n) is 3.11. The fraction of sp³-hybridized carbons (Fsp3) is 0.158. The van der Waals surface area contributed by atoms with E-state index in [-0.39, 0.29) is 11.8 Å². The summed E-state index contributed by atoms with van der Waals surface area (Å²) in [5.74, 6) is -0.156. The zero-order chi connectivity index (χ0) is 18.1. The highest BCUT2D eigenvalue weighted by Crippen LogP contribution is 2.29. The summed E-state index contributed by atoms with van der Waals surface area (Å²) < 4.78 is 1.65. The summed E-state index contributed by atoms with van der Waals surface area (Å²) in [7, 11) is 0. The summed E-state index contributed by atoms with van der Waals surface area (Å²) in [6.45, 7) is 2.22. The van der Waals surface area contributed by atoms with Crippen LogP contribution in [0.4, 0.5) is 11.4 Å². The monoisotopic (exact) mass is 347 g/mol. The van der Waals surface area contributed by atoms with Gasteiger partial charge < -0.3 is 10.2 Å². The first-order valence-corrected chi connectivity index (χ1v) is 8.29. The molecular formula is C19H17N5O2. The highest BCUT2D eigenvalue weighted by molar-refractivity contribution is 6.05. The Kier molecular flexibility index (Phi) is 3.96. The number of rotatable bonds is 3. The third kappa shape index (κ3) is 2.95. The third-order valence-corrected chi connectivity index (χ3v) is 4.43. The van der Waals surface area contributed by atoms with Crippen LogP contribution >= 0.6 is 0 Å². The Hall–Kier alpha value is -3.48. The second-order valence-electron chi connectivity index (χ2n) is 6.11. The molecule has 130 valence electrons. The van der Waals surface area contributed by atoms with Gasteiger partial charge in [-0.05, 0) is 54.4 Å². The quantitative estimate of drug-likeness (QED) is 0.789. The van der Waals surface area contributed by atoms with Gasteiger partial charge in [0.2, 0.25) is 5.91 Å². The number of amides is 2. The minimum atomic E-state index is -0.178. The van der Waals surface area contributed by atoms with Crippen LogP contribution in [0.3, 0.4) is 0 Å². The summed E-state index contributed by atoms with van der Waals surface area (Å²) >= 11 is 0. The lowest BCUT2D eigenvalue weighted by Crippen LogP contribution is -2.25. The van der Waals surface area contributed by atoms with Crippen molar-refractivity contribution in [2.45, 2.75) is 13.3 Å². The Morgan fingerprint density at radius 2 is 1.92 bits per heavy atom. The number of nitrogens with one attached hydrogen (secondary N) is 1. The number of anilines is 2. The summed E-state index contributed by atoms with van der Waals surface area (Å²) in [6, 6.07) is 12.8.